The monoisotopic (exact) mass is 471 g/mol. The van der Waals surface area contributed by atoms with E-state index in [0.717, 1.165) is 16.7 Å². The normalized spacial score (nSPS) is 12.6. The molecule has 8 heteroatoms. The lowest BCUT2D eigenvalue weighted by Crippen LogP contribution is -2.40. The van der Waals surface area contributed by atoms with Gasteiger partial charge in [-0.2, -0.15) is 5.10 Å². The molecule has 8 nitrogen and oxygen atoms in total. The minimum Gasteiger partial charge on any atom is -0.507 e. The molecule has 0 radical (unpaired) electrons. The second-order valence-electron chi connectivity index (χ2n) is 8.21. The minimum absolute atomic E-state index is 0.0458. The van der Waals surface area contributed by atoms with Crippen LogP contribution in [0, 0.1) is 0 Å². The maximum absolute atomic E-state index is 12.9. The summed E-state index contributed by atoms with van der Waals surface area (Å²) < 4.78 is 0. The van der Waals surface area contributed by atoms with Gasteiger partial charge in [0.15, 0.2) is 11.8 Å². The molecular formula is C27H25N3O5. The number of aromatic amines is 1. The molecule has 5 N–H and O–H groups in total. The van der Waals surface area contributed by atoms with Gasteiger partial charge in [0.05, 0.1) is 5.69 Å². The summed E-state index contributed by atoms with van der Waals surface area (Å²) in [6.45, 7) is 0. The number of H-pyrrole nitrogens is 1. The topological polar surface area (TPSA) is 136 Å². The van der Waals surface area contributed by atoms with E-state index in [1.54, 1.807) is 18.2 Å². The van der Waals surface area contributed by atoms with Crippen LogP contribution in [-0.4, -0.2) is 49.5 Å². The predicted molar refractivity (Wildman–Crippen MR) is 131 cm³/mol. The third-order valence-electron chi connectivity index (χ3n) is 5.68. The lowest BCUT2D eigenvalue weighted by Gasteiger charge is -2.20. The van der Waals surface area contributed by atoms with Crippen molar-refractivity contribution in [2.45, 2.75) is 25.0 Å². The van der Waals surface area contributed by atoms with Crippen LogP contribution in [0.4, 0.5) is 0 Å². The molecule has 0 bridgehead atoms. The molecule has 1 aromatic heterocycles. The molecule has 0 unspecified atom stereocenters. The highest BCUT2D eigenvalue weighted by Gasteiger charge is 2.23. The van der Waals surface area contributed by atoms with E-state index in [9.17, 15) is 19.8 Å². The van der Waals surface area contributed by atoms with Crippen molar-refractivity contribution in [1.29, 1.82) is 0 Å². The number of aromatic hydroxyl groups is 1. The molecule has 0 aliphatic heterocycles. The molecule has 0 fully saturated rings. The first-order valence-electron chi connectivity index (χ1n) is 11.1. The molecule has 178 valence electrons. The Hall–Kier alpha value is -4.43. The number of carboxylic acid groups (broad SMARTS) is 1. The fourth-order valence-corrected chi connectivity index (χ4v) is 3.85. The Labute approximate surface area is 201 Å². The molecule has 0 aliphatic rings. The van der Waals surface area contributed by atoms with Crippen LogP contribution in [0.1, 0.15) is 22.5 Å². The zero-order chi connectivity index (χ0) is 24.8. The third-order valence-corrected chi connectivity index (χ3v) is 5.68. The lowest BCUT2D eigenvalue weighted by atomic mass is 9.97. The van der Waals surface area contributed by atoms with E-state index in [1.165, 1.54) is 12.1 Å². The molecule has 0 saturated carbocycles. The van der Waals surface area contributed by atoms with Gasteiger partial charge in [0.25, 0.3) is 5.91 Å². The Bertz CT molecular complexity index is 1300. The summed E-state index contributed by atoms with van der Waals surface area (Å²) in [4.78, 5) is 24.1. The van der Waals surface area contributed by atoms with Crippen LogP contribution in [0.2, 0.25) is 0 Å². The summed E-state index contributed by atoms with van der Waals surface area (Å²) in [6, 6.07) is 25.2. The average Bonchev–Trinajstić information content (AvgIpc) is 3.35. The SMILES string of the molecule is O=C(N[C@H](Cc1ccc(-c2ccccc2)cc1)C[C@@H](O)C(=O)O)c1cc(-c2ccccc2O)[nH]n1. The van der Waals surface area contributed by atoms with E-state index in [0.29, 0.717) is 17.7 Å². The maximum Gasteiger partial charge on any atom is 0.332 e. The highest BCUT2D eigenvalue weighted by atomic mass is 16.4. The van der Waals surface area contributed by atoms with E-state index in [2.05, 4.69) is 15.5 Å². The number of hydrogen-bond donors (Lipinski definition) is 5. The Kier molecular flexibility index (Phi) is 7.23. The number of nitrogens with one attached hydrogen (secondary N) is 2. The van der Waals surface area contributed by atoms with Crippen molar-refractivity contribution in [3.05, 3.63) is 96.2 Å². The largest absolute Gasteiger partial charge is 0.507 e. The van der Waals surface area contributed by atoms with Crippen molar-refractivity contribution >= 4 is 11.9 Å². The molecule has 0 aliphatic carbocycles. The molecule has 0 spiro atoms. The van der Waals surface area contributed by atoms with Gasteiger partial charge in [0.1, 0.15) is 5.75 Å². The summed E-state index contributed by atoms with van der Waals surface area (Å²) in [5.41, 5.74) is 4.03. The molecule has 4 rings (SSSR count). The molecule has 4 aromatic rings. The summed E-state index contributed by atoms with van der Waals surface area (Å²) in [7, 11) is 0. The molecule has 2 atom stereocenters. The first kappa shape index (κ1) is 23.7. The van der Waals surface area contributed by atoms with Crippen LogP contribution in [0.5, 0.6) is 5.75 Å². The summed E-state index contributed by atoms with van der Waals surface area (Å²) in [6.07, 6.45) is -1.47. The number of phenolic OH excluding ortho intramolecular Hbond substituents is 1. The second-order valence-corrected chi connectivity index (χ2v) is 8.21. The molecular weight excluding hydrogens is 446 g/mol. The highest BCUT2D eigenvalue weighted by Crippen LogP contribution is 2.27. The smallest absolute Gasteiger partial charge is 0.332 e. The number of aliphatic hydroxyl groups is 1. The predicted octanol–water partition coefficient (Wildman–Crippen LogP) is 3.63. The van der Waals surface area contributed by atoms with Gasteiger partial charge in [-0.25, -0.2) is 4.79 Å². The van der Waals surface area contributed by atoms with Crippen molar-refractivity contribution < 1.29 is 24.9 Å². The summed E-state index contributed by atoms with van der Waals surface area (Å²) >= 11 is 0. The van der Waals surface area contributed by atoms with Crippen LogP contribution in [0.25, 0.3) is 22.4 Å². The number of aliphatic carboxylic acids is 1. The molecule has 0 saturated heterocycles. The van der Waals surface area contributed by atoms with Crippen molar-refractivity contribution in [2.24, 2.45) is 0 Å². The maximum atomic E-state index is 12.9. The van der Waals surface area contributed by atoms with Crippen LogP contribution in [-0.2, 0) is 11.2 Å². The zero-order valence-corrected chi connectivity index (χ0v) is 18.8. The van der Waals surface area contributed by atoms with E-state index in [1.807, 2.05) is 54.6 Å². The number of phenols is 1. The number of rotatable bonds is 9. The standard InChI is InChI=1S/C27H25N3O5/c31-24-9-5-4-8-21(24)22-16-23(30-29-22)26(33)28-20(15-25(32)27(34)35)14-17-10-12-19(13-11-17)18-6-2-1-3-7-18/h1-13,16,20,25,31-32H,14-15H2,(H,28,33)(H,29,30)(H,34,35)/t20-,25-/m1/s1. The first-order chi connectivity index (χ1) is 16.9. The zero-order valence-electron chi connectivity index (χ0n) is 18.8. The number of carboxylic acids is 1. The number of aromatic nitrogens is 2. The number of benzene rings is 3. The Morgan fingerprint density at radius 2 is 1.57 bits per heavy atom. The van der Waals surface area contributed by atoms with Gasteiger partial charge in [-0.1, -0.05) is 66.7 Å². The first-order valence-corrected chi connectivity index (χ1v) is 11.1. The van der Waals surface area contributed by atoms with Crippen molar-refractivity contribution in [3.8, 4) is 28.1 Å². The van der Waals surface area contributed by atoms with Crippen LogP contribution in [0.3, 0.4) is 0 Å². The second kappa shape index (κ2) is 10.7. The van der Waals surface area contributed by atoms with E-state index < -0.39 is 24.0 Å². The Balaban J connectivity index is 1.49. The van der Waals surface area contributed by atoms with Crippen LogP contribution >= 0.6 is 0 Å². The van der Waals surface area contributed by atoms with Gasteiger partial charge in [-0.15, -0.1) is 0 Å². The number of amides is 1. The average molecular weight is 472 g/mol. The number of carbonyl (C=O) groups excluding carboxylic acids is 1. The highest BCUT2D eigenvalue weighted by molar-refractivity contribution is 5.93. The number of aliphatic hydroxyl groups excluding tert-OH is 1. The molecule has 1 heterocycles. The summed E-state index contributed by atoms with van der Waals surface area (Å²) in [5, 5.41) is 38.7. The number of hydrogen-bond acceptors (Lipinski definition) is 5. The Morgan fingerprint density at radius 1 is 0.914 bits per heavy atom. The van der Waals surface area contributed by atoms with E-state index in [-0.39, 0.29) is 17.9 Å². The molecule has 3 aromatic carbocycles. The fourth-order valence-electron chi connectivity index (χ4n) is 3.85. The van der Waals surface area contributed by atoms with Crippen LogP contribution < -0.4 is 5.32 Å². The van der Waals surface area contributed by atoms with Gasteiger partial charge >= 0.3 is 5.97 Å². The molecule has 1 amide bonds. The quantitative estimate of drug-likeness (QED) is 0.253. The van der Waals surface area contributed by atoms with Gasteiger partial charge < -0.3 is 20.6 Å². The van der Waals surface area contributed by atoms with E-state index >= 15 is 0 Å². The van der Waals surface area contributed by atoms with Gasteiger partial charge in [-0.05, 0) is 41.3 Å². The summed E-state index contributed by atoms with van der Waals surface area (Å²) in [5.74, 6) is -1.83. The molecule has 35 heavy (non-hydrogen) atoms. The van der Waals surface area contributed by atoms with Gasteiger partial charge in [-0.3, -0.25) is 9.89 Å². The van der Waals surface area contributed by atoms with Crippen LogP contribution in [0.15, 0.2) is 84.9 Å². The van der Waals surface area contributed by atoms with Crippen molar-refractivity contribution in [2.75, 3.05) is 0 Å². The number of para-hydroxylation sites is 1. The minimum atomic E-state index is -1.63. The van der Waals surface area contributed by atoms with Gasteiger partial charge in [0.2, 0.25) is 0 Å². The number of carbonyl (C=O) groups is 2. The van der Waals surface area contributed by atoms with Crippen molar-refractivity contribution in [1.82, 2.24) is 15.5 Å². The van der Waals surface area contributed by atoms with Crippen molar-refractivity contribution in [3.63, 3.8) is 0 Å². The number of nitrogens with zero attached hydrogens (tertiary/aromatic N) is 1. The van der Waals surface area contributed by atoms with Gasteiger partial charge in [0, 0.05) is 18.0 Å². The lowest BCUT2D eigenvalue weighted by molar-refractivity contribution is -0.147. The Morgan fingerprint density at radius 3 is 2.26 bits per heavy atom. The fraction of sp³-hybridized carbons (Fsp3) is 0.148. The third kappa shape index (κ3) is 5.93. The van der Waals surface area contributed by atoms with E-state index in [4.69, 9.17) is 5.11 Å².